The van der Waals surface area contributed by atoms with E-state index < -0.39 is 0 Å². The van der Waals surface area contributed by atoms with Crippen molar-refractivity contribution in [2.45, 2.75) is 10.9 Å². The van der Waals surface area contributed by atoms with E-state index in [1.54, 1.807) is 24.2 Å². The Kier molecular flexibility index (Phi) is 4.19. The molecule has 1 aliphatic rings. The second kappa shape index (κ2) is 6.50. The summed E-state index contributed by atoms with van der Waals surface area (Å²) in [4.78, 5) is 10.1. The Morgan fingerprint density at radius 2 is 1.76 bits per heavy atom. The Hall–Kier alpha value is -2.37. The lowest BCUT2D eigenvalue weighted by Crippen LogP contribution is -2.30. The molecule has 126 valence electrons. The number of hydrogen-bond donors (Lipinski definition) is 0. The van der Waals surface area contributed by atoms with Crippen LogP contribution in [-0.4, -0.2) is 40.3 Å². The predicted octanol–water partition coefficient (Wildman–Crippen LogP) is 4.23. The van der Waals surface area contributed by atoms with Crippen molar-refractivity contribution >= 4 is 28.4 Å². The highest BCUT2D eigenvalue weighted by atomic mass is 32.2. The van der Waals surface area contributed by atoms with Crippen LogP contribution in [0.4, 0.5) is 0 Å². The van der Waals surface area contributed by atoms with Crippen LogP contribution in [0.15, 0.2) is 66.0 Å². The van der Waals surface area contributed by atoms with Crippen LogP contribution in [0.25, 0.3) is 16.6 Å². The topological polar surface area (TPSA) is 32.3 Å². The maximum Gasteiger partial charge on any atom is 0.0890 e. The summed E-state index contributed by atoms with van der Waals surface area (Å²) < 4.78 is 0. The second-order valence-electron chi connectivity index (χ2n) is 6.17. The normalized spacial score (nSPS) is 18.0. The Morgan fingerprint density at radius 1 is 0.960 bits per heavy atom. The number of hydrazine groups is 1. The highest BCUT2D eigenvalue weighted by molar-refractivity contribution is 7.98. The van der Waals surface area contributed by atoms with Crippen LogP contribution in [-0.2, 0) is 0 Å². The van der Waals surface area contributed by atoms with Crippen LogP contribution in [0, 0.1) is 0 Å². The zero-order valence-electron chi connectivity index (χ0n) is 14.5. The summed E-state index contributed by atoms with van der Waals surface area (Å²) in [5.41, 5.74) is 5.63. The van der Waals surface area contributed by atoms with Gasteiger partial charge in [-0.1, -0.05) is 18.2 Å². The Morgan fingerprint density at radius 3 is 2.56 bits per heavy atom. The summed E-state index contributed by atoms with van der Waals surface area (Å²) in [5, 5.41) is 4.39. The molecule has 2 heterocycles. The Balaban J connectivity index is 1.80. The van der Waals surface area contributed by atoms with Crippen molar-refractivity contribution in [3.63, 3.8) is 0 Å². The molecule has 1 aliphatic heterocycles. The van der Waals surface area contributed by atoms with Gasteiger partial charge in [0.25, 0.3) is 0 Å². The van der Waals surface area contributed by atoms with Crippen molar-refractivity contribution in [3.8, 4) is 0 Å². The van der Waals surface area contributed by atoms with Crippen molar-refractivity contribution in [2.24, 2.45) is 0 Å². The molecule has 0 spiro atoms. The molecule has 4 nitrogen and oxygen atoms in total. The fraction of sp³-hybridized carbons (Fsp3) is 0.200. The minimum atomic E-state index is 0.161. The summed E-state index contributed by atoms with van der Waals surface area (Å²) in [6.45, 7) is 0. The number of thioether (sulfide) groups is 1. The first kappa shape index (κ1) is 16.1. The second-order valence-corrected chi connectivity index (χ2v) is 7.05. The average molecular weight is 348 g/mol. The molecule has 0 radical (unpaired) electrons. The standard InChI is InChI=1S/C20H20N4S/c1-23-13-17(14-5-4-6-16(11-14)25-3)20(24(23)2)15-7-8-18-19(12-15)22-10-9-21-18/h4-13,20H,1-3H3. The van der Waals surface area contributed by atoms with Gasteiger partial charge in [-0.05, 0) is 41.6 Å². The first-order valence-corrected chi connectivity index (χ1v) is 9.42. The molecule has 0 fully saturated rings. The first-order valence-electron chi connectivity index (χ1n) is 8.20. The SMILES string of the molecule is CSc1cccc(C2=CN(C)N(C)C2c2ccc3nccnc3c2)c1. The van der Waals surface area contributed by atoms with E-state index in [0.29, 0.717) is 0 Å². The van der Waals surface area contributed by atoms with Gasteiger partial charge in [-0.25, -0.2) is 5.01 Å². The van der Waals surface area contributed by atoms with Gasteiger partial charge in [0, 0.05) is 43.2 Å². The third-order valence-electron chi connectivity index (χ3n) is 4.70. The molecule has 1 unspecified atom stereocenters. The summed E-state index contributed by atoms with van der Waals surface area (Å²) >= 11 is 1.77. The monoisotopic (exact) mass is 348 g/mol. The van der Waals surface area contributed by atoms with Crippen LogP contribution in [0.1, 0.15) is 17.2 Å². The van der Waals surface area contributed by atoms with E-state index >= 15 is 0 Å². The Bertz CT molecular complexity index is 953. The van der Waals surface area contributed by atoms with Crippen LogP contribution in [0.5, 0.6) is 0 Å². The summed E-state index contributed by atoms with van der Waals surface area (Å²) in [5.74, 6) is 0. The van der Waals surface area contributed by atoms with Crippen LogP contribution in [0.2, 0.25) is 0 Å². The van der Waals surface area contributed by atoms with Crippen molar-refractivity contribution in [2.75, 3.05) is 20.4 Å². The van der Waals surface area contributed by atoms with Gasteiger partial charge in [0.15, 0.2) is 0 Å². The number of benzene rings is 2. The molecule has 2 aromatic carbocycles. The number of aromatic nitrogens is 2. The molecule has 25 heavy (non-hydrogen) atoms. The maximum absolute atomic E-state index is 4.47. The highest BCUT2D eigenvalue weighted by Gasteiger charge is 2.30. The van der Waals surface area contributed by atoms with Crippen molar-refractivity contribution in [1.29, 1.82) is 0 Å². The van der Waals surface area contributed by atoms with Gasteiger partial charge < -0.3 is 5.01 Å². The van der Waals surface area contributed by atoms with E-state index in [2.05, 4.69) is 89.0 Å². The molecule has 3 aromatic rings. The van der Waals surface area contributed by atoms with E-state index in [9.17, 15) is 0 Å². The predicted molar refractivity (Wildman–Crippen MR) is 104 cm³/mol. The lowest BCUT2D eigenvalue weighted by atomic mass is 9.94. The molecule has 5 heteroatoms. The third kappa shape index (κ3) is 2.90. The summed E-state index contributed by atoms with van der Waals surface area (Å²) in [7, 11) is 4.20. The van der Waals surface area contributed by atoms with Crippen LogP contribution >= 0.6 is 11.8 Å². The number of rotatable bonds is 3. The minimum Gasteiger partial charge on any atom is -0.315 e. The van der Waals surface area contributed by atoms with E-state index in [1.807, 2.05) is 0 Å². The van der Waals surface area contributed by atoms with Gasteiger partial charge in [-0.2, -0.15) is 0 Å². The molecule has 0 bridgehead atoms. The van der Waals surface area contributed by atoms with Gasteiger partial charge in [0.1, 0.15) is 0 Å². The number of fused-ring (bicyclic) bond motifs is 1. The molecule has 0 saturated carbocycles. The van der Waals surface area contributed by atoms with E-state index in [4.69, 9.17) is 0 Å². The average Bonchev–Trinajstić information content (AvgIpc) is 2.96. The van der Waals surface area contributed by atoms with Gasteiger partial charge >= 0.3 is 0 Å². The molecule has 0 saturated heterocycles. The molecular weight excluding hydrogens is 328 g/mol. The largest absolute Gasteiger partial charge is 0.315 e. The Labute approximate surface area is 152 Å². The van der Waals surface area contributed by atoms with Crippen molar-refractivity contribution in [1.82, 2.24) is 20.0 Å². The van der Waals surface area contributed by atoms with Crippen LogP contribution in [0.3, 0.4) is 0 Å². The third-order valence-corrected chi connectivity index (χ3v) is 5.43. The van der Waals surface area contributed by atoms with Gasteiger partial charge in [-0.3, -0.25) is 9.97 Å². The van der Waals surface area contributed by atoms with Gasteiger partial charge in [0.05, 0.1) is 17.1 Å². The summed E-state index contributed by atoms with van der Waals surface area (Å²) in [6, 6.07) is 15.2. The van der Waals surface area contributed by atoms with Crippen molar-refractivity contribution in [3.05, 3.63) is 72.2 Å². The fourth-order valence-corrected chi connectivity index (χ4v) is 3.79. The smallest absolute Gasteiger partial charge is 0.0890 e. The maximum atomic E-state index is 4.47. The lowest BCUT2D eigenvalue weighted by Gasteiger charge is -2.28. The van der Waals surface area contributed by atoms with Gasteiger partial charge in [0.2, 0.25) is 0 Å². The van der Waals surface area contributed by atoms with Gasteiger partial charge in [-0.15, -0.1) is 11.8 Å². The molecule has 0 N–H and O–H groups in total. The quantitative estimate of drug-likeness (QED) is 0.662. The molecule has 4 rings (SSSR count). The zero-order chi connectivity index (χ0) is 17.4. The number of likely N-dealkylation sites (N-methyl/N-ethyl adjacent to an activating group) is 1. The van der Waals surface area contributed by atoms with E-state index in [-0.39, 0.29) is 6.04 Å². The molecule has 1 atom stereocenters. The van der Waals surface area contributed by atoms with E-state index in [0.717, 1.165) is 11.0 Å². The summed E-state index contributed by atoms with van der Waals surface area (Å²) in [6.07, 6.45) is 7.80. The fourth-order valence-electron chi connectivity index (χ4n) is 3.33. The van der Waals surface area contributed by atoms with Crippen molar-refractivity contribution < 1.29 is 0 Å². The number of hydrogen-bond acceptors (Lipinski definition) is 5. The molecule has 0 aliphatic carbocycles. The minimum absolute atomic E-state index is 0.161. The van der Waals surface area contributed by atoms with E-state index in [1.165, 1.54) is 21.6 Å². The molecule has 1 aromatic heterocycles. The number of nitrogens with zero attached hydrogens (tertiary/aromatic N) is 4. The van der Waals surface area contributed by atoms with Crippen LogP contribution < -0.4 is 0 Å². The first-order chi connectivity index (χ1) is 12.2. The highest BCUT2D eigenvalue weighted by Crippen LogP contribution is 2.41. The zero-order valence-corrected chi connectivity index (χ0v) is 15.4. The molecular formula is C20H20N4S. The lowest BCUT2D eigenvalue weighted by molar-refractivity contribution is 0.0753. The molecule has 0 amide bonds.